The molecule has 1 unspecified atom stereocenters. The second kappa shape index (κ2) is 8.19. The van der Waals surface area contributed by atoms with Crippen LogP contribution in [0.2, 0.25) is 10.0 Å². The van der Waals surface area contributed by atoms with Crippen LogP contribution in [0.25, 0.3) is 0 Å². The molecule has 1 aromatic carbocycles. The molecule has 0 aromatic heterocycles. The van der Waals surface area contributed by atoms with Gasteiger partial charge in [0.2, 0.25) is 5.91 Å². The van der Waals surface area contributed by atoms with Crippen LogP contribution in [-0.2, 0) is 20.7 Å². The number of carboxylic acids is 1. The van der Waals surface area contributed by atoms with E-state index in [9.17, 15) is 9.59 Å². The van der Waals surface area contributed by atoms with Crippen LogP contribution in [0.5, 0.6) is 0 Å². The van der Waals surface area contributed by atoms with E-state index in [0.29, 0.717) is 42.5 Å². The zero-order valence-electron chi connectivity index (χ0n) is 13.5. The number of halogens is 2. The maximum absolute atomic E-state index is 12.6. The van der Waals surface area contributed by atoms with Gasteiger partial charge in [0.15, 0.2) is 0 Å². The van der Waals surface area contributed by atoms with Crippen LogP contribution < -0.4 is 5.32 Å². The van der Waals surface area contributed by atoms with Crippen molar-refractivity contribution in [3.05, 3.63) is 33.8 Å². The summed E-state index contributed by atoms with van der Waals surface area (Å²) in [6, 6.07) is 5.18. The predicted molar refractivity (Wildman–Crippen MR) is 92.5 cm³/mol. The number of hydrogen-bond acceptors (Lipinski definition) is 3. The van der Waals surface area contributed by atoms with E-state index in [1.807, 2.05) is 0 Å². The van der Waals surface area contributed by atoms with Crippen molar-refractivity contribution >= 4 is 35.1 Å². The first-order valence-corrected chi connectivity index (χ1v) is 8.62. The fourth-order valence-corrected chi connectivity index (χ4v) is 3.38. The second-order valence-electron chi connectivity index (χ2n) is 6.29. The topological polar surface area (TPSA) is 75.6 Å². The molecule has 132 valence electrons. The molecule has 1 aliphatic rings. The molecule has 1 fully saturated rings. The molecule has 5 nitrogen and oxygen atoms in total. The lowest BCUT2D eigenvalue weighted by Gasteiger charge is -2.37. The number of carboxylic acid groups (broad SMARTS) is 1. The molecule has 2 rings (SSSR count). The molecule has 0 aliphatic carbocycles. The summed E-state index contributed by atoms with van der Waals surface area (Å²) >= 11 is 12.0. The highest BCUT2D eigenvalue weighted by Gasteiger charge is 2.37. The highest BCUT2D eigenvalue weighted by Crippen LogP contribution is 2.27. The monoisotopic (exact) mass is 373 g/mol. The highest BCUT2D eigenvalue weighted by atomic mass is 35.5. The number of nitrogens with one attached hydrogen (secondary N) is 1. The van der Waals surface area contributed by atoms with Crippen LogP contribution in [0.4, 0.5) is 0 Å². The van der Waals surface area contributed by atoms with Gasteiger partial charge in [-0.2, -0.15) is 0 Å². The van der Waals surface area contributed by atoms with Crippen LogP contribution in [0.1, 0.15) is 31.7 Å². The molecule has 0 saturated carbocycles. The van der Waals surface area contributed by atoms with Gasteiger partial charge in [0, 0.05) is 29.2 Å². The van der Waals surface area contributed by atoms with Crippen LogP contribution in [0, 0.1) is 5.92 Å². The van der Waals surface area contributed by atoms with E-state index in [0.717, 1.165) is 5.56 Å². The molecular formula is C17H21Cl2NO4. The summed E-state index contributed by atoms with van der Waals surface area (Å²) in [5.74, 6) is -1.44. The van der Waals surface area contributed by atoms with E-state index in [4.69, 9.17) is 33.0 Å². The average molecular weight is 374 g/mol. The molecule has 0 spiro atoms. The Balaban J connectivity index is 2.04. The van der Waals surface area contributed by atoms with Crippen LogP contribution >= 0.6 is 23.2 Å². The Bertz CT molecular complexity index is 615. The van der Waals surface area contributed by atoms with Crippen molar-refractivity contribution in [1.29, 1.82) is 0 Å². The molecule has 1 amide bonds. The third kappa shape index (κ3) is 5.10. The van der Waals surface area contributed by atoms with E-state index in [1.165, 1.54) is 0 Å². The van der Waals surface area contributed by atoms with Crippen LogP contribution in [0.3, 0.4) is 0 Å². The number of aliphatic carboxylic acids is 1. The largest absolute Gasteiger partial charge is 0.481 e. The maximum Gasteiger partial charge on any atom is 0.305 e. The number of amides is 1. The molecular weight excluding hydrogens is 353 g/mol. The zero-order chi connectivity index (χ0) is 17.7. The smallest absolute Gasteiger partial charge is 0.305 e. The van der Waals surface area contributed by atoms with Gasteiger partial charge < -0.3 is 15.2 Å². The zero-order valence-corrected chi connectivity index (χ0v) is 15.0. The van der Waals surface area contributed by atoms with Gasteiger partial charge in [0.05, 0.1) is 12.0 Å². The van der Waals surface area contributed by atoms with Crippen molar-refractivity contribution < 1.29 is 19.4 Å². The van der Waals surface area contributed by atoms with Gasteiger partial charge in [-0.15, -0.1) is 0 Å². The van der Waals surface area contributed by atoms with Gasteiger partial charge in [-0.25, -0.2) is 0 Å². The third-order valence-electron chi connectivity index (χ3n) is 4.32. The molecule has 24 heavy (non-hydrogen) atoms. The Kier molecular flexibility index (Phi) is 6.49. The van der Waals surface area contributed by atoms with Crippen molar-refractivity contribution in [3.8, 4) is 0 Å². The number of hydrogen-bond donors (Lipinski definition) is 2. The third-order valence-corrected chi connectivity index (χ3v) is 4.90. The minimum atomic E-state index is -0.925. The number of benzene rings is 1. The first kappa shape index (κ1) is 19.0. The molecule has 1 saturated heterocycles. The summed E-state index contributed by atoms with van der Waals surface area (Å²) in [5, 5.41) is 13.2. The Morgan fingerprint density at radius 1 is 1.33 bits per heavy atom. The van der Waals surface area contributed by atoms with Crippen molar-refractivity contribution in [2.75, 3.05) is 13.2 Å². The normalized spacial score (nSPS) is 18.0. The molecule has 1 aliphatic heterocycles. The van der Waals surface area contributed by atoms with E-state index in [-0.39, 0.29) is 18.2 Å². The van der Waals surface area contributed by atoms with Crippen LogP contribution in [0.15, 0.2) is 18.2 Å². The summed E-state index contributed by atoms with van der Waals surface area (Å²) in [7, 11) is 0. The molecule has 1 atom stereocenters. The summed E-state index contributed by atoms with van der Waals surface area (Å²) in [6.45, 7) is 2.70. The average Bonchev–Trinajstić information content (AvgIpc) is 2.49. The number of rotatable bonds is 6. The fourth-order valence-electron chi connectivity index (χ4n) is 2.89. The van der Waals surface area contributed by atoms with Crippen molar-refractivity contribution in [2.24, 2.45) is 5.92 Å². The highest BCUT2D eigenvalue weighted by molar-refractivity contribution is 6.35. The molecule has 0 radical (unpaired) electrons. The van der Waals surface area contributed by atoms with Crippen LogP contribution in [-0.4, -0.2) is 35.7 Å². The summed E-state index contributed by atoms with van der Waals surface area (Å²) in [6.07, 6.45) is 1.36. The standard InChI is InChI=1S/C17H21Cl2NO4/c1-11(8-12-2-3-13(18)9-14(12)19)16(23)20-17(10-15(21)22)4-6-24-7-5-17/h2-3,9,11H,4-8,10H2,1H3,(H,20,23)(H,21,22). The first-order valence-electron chi connectivity index (χ1n) is 7.87. The number of ether oxygens (including phenoxy) is 1. The Hall–Kier alpha value is -1.30. The van der Waals surface area contributed by atoms with Gasteiger partial charge in [-0.3, -0.25) is 9.59 Å². The molecule has 1 heterocycles. The van der Waals surface area contributed by atoms with E-state index < -0.39 is 11.5 Å². The van der Waals surface area contributed by atoms with Gasteiger partial charge in [-0.05, 0) is 37.0 Å². The number of carbonyl (C=O) groups excluding carboxylic acids is 1. The van der Waals surface area contributed by atoms with Gasteiger partial charge >= 0.3 is 5.97 Å². The Morgan fingerprint density at radius 2 is 2.00 bits per heavy atom. The quantitative estimate of drug-likeness (QED) is 0.801. The van der Waals surface area contributed by atoms with Crippen molar-refractivity contribution in [2.45, 2.75) is 38.1 Å². The van der Waals surface area contributed by atoms with Gasteiger partial charge in [-0.1, -0.05) is 36.2 Å². The molecule has 1 aromatic rings. The predicted octanol–water partition coefficient (Wildman–Crippen LogP) is 3.31. The minimum absolute atomic E-state index is 0.101. The summed E-state index contributed by atoms with van der Waals surface area (Å²) in [5.41, 5.74) is 0.0992. The molecule has 7 heteroatoms. The lowest BCUT2D eigenvalue weighted by molar-refractivity contribution is -0.141. The van der Waals surface area contributed by atoms with E-state index >= 15 is 0 Å². The summed E-state index contributed by atoms with van der Waals surface area (Å²) < 4.78 is 5.30. The lowest BCUT2D eigenvalue weighted by Crippen LogP contribution is -2.54. The maximum atomic E-state index is 12.6. The Morgan fingerprint density at radius 3 is 2.58 bits per heavy atom. The lowest BCUT2D eigenvalue weighted by atomic mass is 9.85. The number of carbonyl (C=O) groups is 2. The van der Waals surface area contributed by atoms with E-state index in [2.05, 4.69) is 5.32 Å². The van der Waals surface area contributed by atoms with Crippen molar-refractivity contribution in [1.82, 2.24) is 5.32 Å². The van der Waals surface area contributed by atoms with Crippen molar-refractivity contribution in [3.63, 3.8) is 0 Å². The second-order valence-corrected chi connectivity index (χ2v) is 7.14. The first-order chi connectivity index (χ1) is 11.3. The molecule has 0 bridgehead atoms. The van der Waals surface area contributed by atoms with Gasteiger partial charge in [0.25, 0.3) is 0 Å². The van der Waals surface area contributed by atoms with Gasteiger partial charge in [0.1, 0.15) is 0 Å². The Labute approximate surface area is 151 Å². The fraction of sp³-hybridized carbons (Fsp3) is 0.529. The SMILES string of the molecule is CC(Cc1ccc(Cl)cc1Cl)C(=O)NC1(CC(=O)O)CCOCC1. The molecule has 2 N–H and O–H groups in total. The minimum Gasteiger partial charge on any atom is -0.481 e. The van der Waals surface area contributed by atoms with E-state index in [1.54, 1.807) is 25.1 Å². The summed E-state index contributed by atoms with van der Waals surface area (Å²) in [4.78, 5) is 23.7.